The van der Waals surface area contributed by atoms with Crippen LogP contribution in [0, 0.1) is 6.92 Å². The predicted molar refractivity (Wildman–Crippen MR) is 77.7 cm³/mol. The van der Waals surface area contributed by atoms with E-state index in [9.17, 15) is 4.79 Å². The highest BCUT2D eigenvalue weighted by Gasteiger charge is 2.28. The van der Waals surface area contributed by atoms with Gasteiger partial charge in [0.05, 0.1) is 0 Å². The summed E-state index contributed by atoms with van der Waals surface area (Å²) in [5.41, 5.74) is 0.467. The summed E-state index contributed by atoms with van der Waals surface area (Å²) < 4.78 is 5.18. The van der Waals surface area contributed by atoms with Gasteiger partial charge in [0.25, 0.3) is 5.91 Å². The number of aromatic nitrogens is 1. The van der Waals surface area contributed by atoms with E-state index in [0.29, 0.717) is 17.5 Å². The topological polar surface area (TPSA) is 49.6 Å². The van der Waals surface area contributed by atoms with Crippen LogP contribution < -0.4 is 0 Å². The zero-order chi connectivity index (χ0) is 14.5. The standard InChI is InChI=1S/C15H25N3O2/c1-12-14(16-11-20-12)15(19)18(10-9-17(2)3)13-7-5-4-6-8-13/h11,13H,4-10H2,1-3H3. The molecule has 0 bridgehead atoms. The Kier molecular flexibility index (Phi) is 5.17. The molecule has 1 aromatic heterocycles. The van der Waals surface area contributed by atoms with E-state index in [0.717, 1.165) is 25.9 Å². The van der Waals surface area contributed by atoms with Gasteiger partial charge in [0.2, 0.25) is 0 Å². The van der Waals surface area contributed by atoms with Crippen molar-refractivity contribution in [1.29, 1.82) is 0 Å². The number of carbonyl (C=O) groups excluding carboxylic acids is 1. The summed E-state index contributed by atoms with van der Waals surface area (Å²) in [4.78, 5) is 20.9. The first-order valence-electron chi connectivity index (χ1n) is 7.45. The van der Waals surface area contributed by atoms with Crippen LogP contribution in [0.1, 0.15) is 48.4 Å². The van der Waals surface area contributed by atoms with Crippen LogP contribution >= 0.6 is 0 Å². The van der Waals surface area contributed by atoms with Crippen LogP contribution in [0.15, 0.2) is 10.8 Å². The highest BCUT2D eigenvalue weighted by atomic mass is 16.3. The molecule has 0 spiro atoms. The number of carbonyl (C=O) groups is 1. The van der Waals surface area contributed by atoms with Crippen molar-refractivity contribution in [3.8, 4) is 0 Å². The van der Waals surface area contributed by atoms with E-state index in [1.807, 2.05) is 19.0 Å². The smallest absolute Gasteiger partial charge is 0.276 e. The molecule has 1 aliphatic carbocycles. The minimum absolute atomic E-state index is 0.0185. The van der Waals surface area contributed by atoms with Crippen molar-refractivity contribution >= 4 is 5.91 Å². The van der Waals surface area contributed by atoms with Gasteiger partial charge in [-0.2, -0.15) is 0 Å². The molecule has 20 heavy (non-hydrogen) atoms. The summed E-state index contributed by atoms with van der Waals surface area (Å²) in [5, 5.41) is 0. The van der Waals surface area contributed by atoms with Gasteiger partial charge in [-0.1, -0.05) is 19.3 Å². The van der Waals surface area contributed by atoms with Crippen LogP contribution in [0.25, 0.3) is 0 Å². The first-order valence-corrected chi connectivity index (χ1v) is 7.45. The van der Waals surface area contributed by atoms with Crippen LogP contribution in [0.5, 0.6) is 0 Å². The predicted octanol–water partition coefficient (Wildman–Crippen LogP) is 2.32. The van der Waals surface area contributed by atoms with Crippen LogP contribution in [0.3, 0.4) is 0 Å². The Balaban J connectivity index is 2.12. The van der Waals surface area contributed by atoms with Crippen LogP contribution in [-0.4, -0.2) is 53.9 Å². The fourth-order valence-electron chi connectivity index (χ4n) is 2.80. The van der Waals surface area contributed by atoms with E-state index >= 15 is 0 Å². The molecule has 112 valence electrons. The molecule has 1 fully saturated rings. The number of aryl methyl sites for hydroxylation is 1. The lowest BCUT2D eigenvalue weighted by Gasteiger charge is -2.34. The summed E-state index contributed by atoms with van der Waals surface area (Å²) in [7, 11) is 4.07. The molecule has 0 unspecified atom stereocenters. The summed E-state index contributed by atoms with van der Waals surface area (Å²) in [6.07, 6.45) is 7.29. The van der Waals surface area contributed by atoms with E-state index in [1.54, 1.807) is 6.92 Å². The normalized spacial score (nSPS) is 16.6. The molecule has 1 amide bonds. The van der Waals surface area contributed by atoms with Crippen molar-refractivity contribution in [2.24, 2.45) is 0 Å². The van der Waals surface area contributed by atoms with Gasteiger partial charge in [-0.15, -0.1) is 0 Å². The van der Waals surface area contributed by atoms with Gasteiger partial charge >= 0.3 is 0 Å². The van der Waals surface area contributed by atoms with E-state index < -0.39 is 0 Å². The van der Waals surface area contributed by atoms with Gasteiger partial charge in [0, 0.05) is 19.1 Å². The number of likely N-dealkylation sites (N-methyl/N-ethyl adjacent to an activating group) is 1. The molecule has 0 radical (unpaired) electrons. The second kappa shape index (κ2) is 6.88. The molecule has 0 atom stereocenters. The molecule has 0 aliphatic heterocycles. The highest BCUT2D eigenvalue weighted by molar-refractivity contribution is 5.93. The third-order valence-electron chi connectivity index (χ3n) is 4.01. The van der Waals surface area contributed by atoms with Crippen molar-refractivity contribution in [2.45, 2.75) is 45.1 Å². The molecule has 0 N–H and O–H groups in total. The molecule has 1 heterocycles. The van der Waals surface area contributed by atoms with Gasteiger partial charge < -0.3 is 14.2 Å². The Morgan fingerprint density at radius 1 is 1.30 bits per heavy atom. The average Bonchev–Trinajstić information content (AvgIpc) is 2.86. The molecule has 0 saturated heterocycles. The van der Waals surface area contributed by atoms with E-state index in [1.165, 1.54) is 25.7 Å². The highest BCUT2D eigenvalue weighted by Crippen LogP contribution is 2.24. The number of rotatable bonds is 5. The number of nitrogens with zero attached hydrogens (tertiary/aromatic N) is 3. The fraction of sp³-hybridized carbons (Fsp3) is 0.733. The van der Waals surface area contributed by atoms with Crippen LogP contribution in [-0.2, 0) is 0 Å². The second-order valence-electron chi connectivity index (χ2n) is 5.85. The van der Waals surface area contributed by atoms with E-state index in [2.05, 4.69) is 9.88 Å². The lowest BCUT2D eigenvalue weighted by molar-refractivity contribution is 0.0611. The third-order valence-corrected chi connectivity index (χ3v) is 4.01. The Morgan fingerprint density at radius 3 is 2.55 bits per heavy atom. The molecule has 1 aliphatic rings. The molecular formula is C15H25N3O2. The summed E-state index contributed by atoms with van der Waals surface area (Å²) >= 11 is 0. The summed E-state index contributed by atoms with van der Waals surface area (Å²) in [6, 6.07) is 0.354. The van der Waals surface area contributed by atoms with E-state index in [4.69, 9.17) is 4.42 Å². The Labute approximate surface area is 121 Å². The Morgan fingerprint density at radius 2 is 2.00 bits per heavy atom. The van der Waals surface area contributed by atoms with Crippen LogP contribution in [0.2, 0.25) is 0 Å². The van der Waals surface area contributed by atoms with Gasteiger partial charge in [-0.05, 0) is 33.9 Å². The maximum Gasteiger partial charge on any atom is 0.276 e. The van der Waals surface area contributed by atoms with Gasteiger partial charge in [0.1, 0.15) is 5.76 Å². The largest absolute Gasteiger partial charge is 0.448 e. The molecule has 5 nitrogen and oxygen atoms in total. The van der Waals surface area contributed by atoms with Crippen molar-refractivity contribution in [3.05, 3.63) is 17.8 Å². The van der Waals surface area contributed by atoms with Crippen molar-refractivity contribution in [3.63, 3.8) is 0 Å². The first kappa shape index (κ1) is 15.0. The quantitative estimate of drug-likeness (QED) is 0.830. The second-order valence-corrected chi connectivity index (χ2v) is 5.85. The molecule has 2 rings (SSSR count). The van der Waals surface area contributed by atoms with Gasteiger partial charge in [-0.25, -0.2) is 4.98 Å². The lowest BCUT2D eigenvalue weighted by atomic mass is 9.94. The SMILES string of the molecule is Cc1ocnc1C(=O)N(CCN(C)C)C1CCCCC1. The van der Waals surface area contributed by atoms with Crippen molar-refractivity contribution < 1.29 is 9.21 Å². The maximum absolute atomic E-state index is 12.7. The number of hydrogen-bond donors (Lipinski definition) is 0. The molecule has 0 aromatic carbocycles. The van der Waals surface area contributed by atoms with Gasteiger partial charge in [-0.3, -0.25) is 4.79 Å². The third kappa shape index (κ3) is 3.60. The first-order chi connectivity index (χ1) is 9.59. The average molecular weight is 279 g/mol. The van der Waals surface area contributed by atoms with Crippen LogP contribution in [0.4, 0.5) is 0 Å². The fourth-order valence-corrected chi connectivity index (χ4v) is 2.80. The Bertz CT molecular complexity index is 436. The zero-order valence-corrected chi connectivity index (χ0v) is 12.8. The van der Waals surface area contributed by atoms with Crippen molar-refractivity contribution in [2.75, 3.05) is 27.2 Å². The number of hydrogen-bond acceptors (Lipinski definition) is 4. The van der Waals surface area contributed by atoms with Crippen molar-refractivity contribution in [1.82, 2.24) is 14.8 Å². The summed E-state index contributed by atoms with van der Waals surface area (Å²) in [5.74, 6) is 0.630. The molecular weight excluding hydrogens is 254 g/mol. The lowest BCUT2D eigenvalue weighted by Crippen LogP contribution is -2.45. The minimum Gasteiger partial charge on any atom is -0.448 e. The monoisotopic (exact) mass is 279 g/mol. The molecule has 1 aromatic rings. The zero-order valence-electron chi connectivity index (χ0n) is 12.8. The van der Waals surface area contributed by atoms with Gasteiger partial charge in [0.15, 0.2) is 12.1 Å². The minimum atomic E-state index is 0.0185. The molecule has 1 saturated carbocycles. The summed E-state index contributed by atoms with van der Waals surface area (Å²) in [6.45, 7) is 3.42. The number of amides is 1. The Hall–Kier alpha value is -1.36. The molecule has 5 heteroatoms. The number of oxazole rings is 1. The van der Waals surface area contributed by atoms with E-state index in [-0.39, 0.29) is 5.91 Å². The maximum atomic E-state index is 12.7.